The third-order valence-corrected chi connectivity index (χ3v) is 5.81. The normalized spacial score (nSPS) is 10.8. The van der Waals surface area contributed by atoms with Gasteiger partial charge < -0.3 is 10.1 Å². The Bertz CT molecular complexity index is 981. The number of amides is 1. The molecular weight excluding hydrogens is 370 g/mol. The maximum absolute atomic E-state index is 12.3. The molecule has 3 rings (SSSR count). The number of carbonyl (C=O) groups is 1. The number of thioether (sulfide) groups is 1. The molecule has 0 saturated carbocycles. The molecule has 0 atom stereocenters. The second-order valence-corrected chi connectivity index (χ2v) is 7.45. The van der Waals surface area contributed by atoms with E-state index in [1.54, 1.807) is 14.2 Å². The molecule has 0 fully saturated rings. The highest BCUT2D eigenvalue weighted by molar-refractivity contribution is 7.99. The molecule has 0 aliphatic heterocycles. The Labute approximate surface area is 159 Å². The molecule has 0 bridgehead atoms. The summed E-state index contributed by atoms with van der Waals surface area (Å²) in [5, 5.41) is 5.28. The zero-order valence-electron chi connectivity index (χ0n) is 14.5. The summed E-state index contributed by atoms with van der Waals surface area (Å²) in [7, 11) is 3.31. The van der Waals surface area contributed by atoms with Crippen LogP contribution >= 0.6 is 23.1 Å². The van der Waals surface area contributed by atoms with Crippen molar-refractivity contribution >= 4 is 39.2 Å². The quantitative estimate of drug-likeness (QED) is 0.496. The summed E-state index contributed by atoms with van der Waals surface area (Å²) in [5.41, 5.74) is 1.65. The van der Waals surface area contributed by atoms with Crippen LogP contribution < -0.4 is 15.6 Å². The van der Waals surface area contributed by atoms with Crippen molar-refractivity contribution in [1.82, 2.24) is 14.9 Å². The summed E-state index contributed by atoms with van der Waals surface area (Å²) in [6.07, 6.45) is 0.692. The first-order valence-corrected chi connectivity index (χ1v) is 9.92. The number of ether oxygens (including phenoxy) is 1. The minimum Gasteiger partial charge on any atom is -0.496 e. The van der Waals surface area contributed by atoms with Gasteiger partial charge >= 0.3 is 0 Å². The van der Waals surface area contributed by atoms with Crippen LogP contribution in [0.1, 0.15) is 5.56 Å². The van der Waals surface area contributed by atoms with Crippen LogP contribution in [0.3, 0.4) is 0 Å². The number of benzene rings is 1. The maximum Gasteiger partial charge on any atom is 0.271 e. The predicted octanol–water partition coefficient (Wildman–Crippen LogP) is 2.45. The Kier molecular flexibility index (Phi) is 5.95. The highest BCUT2D eigenvalue weighted by Crippen LogP contribution is 2.20. The Hall–Kier alpha value is -2.32. The zero-order chi connectivity index (χ0) is 18.5. The highest BCUT2D eigenvalue weighted by Gasteiger charge is 2.11. The van der Waals surface area contributed by atoms with Gasteiger partial charge in [0.1, 0.15) is 10.4 Å². The Morgan fingerprint density at radius 1 is 1.35 bits per heavy atom. The fraction of sp³-hybridized carbons (Fsp3) is 0.278. The molecule has 26 heavy (non-hydrogen) atoms. The highest BCUT2D eigenvalue weighted by atomic mass is 32.2. The first-order valence-electron chi connectivity index (χ1n) is 8.05. The first-order chi connectivity index (χ1) is 12.6. The average Bonchev–Trinajstić information content (AvgIpc) is 3.12. The van der Waals surface area contributed by atoms with E-state index in [1.165, 1.54) is 27.7 Å². The third kappa shape index (κ3) is 4.08. The summed E-state index contributed by atoms with van der Waals surface area (Å²) >= 11 is 2.64. The van der Waals surface area contributed by atoms with Gasteiger partial charge in [0.25, 0.3) is 5.56 Å². The number of hydrogen-bond acceptors (Lipinski definition) is 6. The van der Waals surface area contributed by atoms with E-state index < -0.39 is 0 Å². The van der Waals surface area contributed by atoms with E-state index in [0.717, 1.165) is 11.3 Å². The van der Waals surface area contributed by atoms with Gasteiger partial charge in [0.05, 0.1) is 18.4 Å². The molecule has 0 unspecified atom stereocenters. The molecule has 1 aromatic carbocycles. The second kappa shape index (κ2) is 8.37. The number of hydrogen-bond donors (Lipinski definition) is 1. The fourth-order valence-electron chi connectivity index (χ4n) is 2.52. The molecule has 8 heteroatoms. The first kappa shape index (κ1) is 18.5. The third-order valence-electron chi connectivity index (χ3n) is 3.89. The summed E-state index contributed by atoms with van der Waals surface area (Å²) in [6, 6.07) is 9.56. The fourth-order valence-corrected chi connectivity index (χ4v) is 4.13. The molecule has 136 valence electrons. The van der Waals surface area contributed by atoms with Crippen molar-refractivity contribution in [2.75, 3.05) is 19.4 Å². The number of carbonyl (C=O) groups excluding carboxylic acids is 1. The lowest BCUT2D eigenvalue weighted by atomic mass is 10.1. The molecule has 0 saturated heterocycles. The molecule has 0 radical (unpaired) electrons. The number of fused-ring (bicyclic) bond motifs is 1. The zero-order valence-corrected chi connectivity index (χ0v) is 16.2. The topological polar surface area (TPSA) is 73.2 Å². The number of nitrogens with one attached hydrogen (secondary N) is 1. The van der Waals surface area contributed by atoms with Crippen molar-refractivity contribution < 1.29 is 9.53 Å². The molecular formula is C18H19N3O3S2. The summed E-state index contributed by atoms with van der Waals surface area (Å²) < 4.78 is 7.43. The second-order valence-electron chi connectivity index (χ2n) is 5.59. The smallest absolute Gasteiger partial charge is 0.271 e. The van der Waals surface area contributed by atoms with Gasteiger partial charge in [0.15, 0.2) is 5.16 Å². The van der Waals surface area contributed by atoms with E-state index in [4.69, 9.17) is 4.74 Å². The number of thiophene rings is 1. The minimum absolute atomic E-state index is 0.0796. The van der Waals surface area contributed by atoms with Gasteiger partial charge in [-0.25, -0.2) is 4.98 Å². The van der Waals surface area contributed by atoms with E-state index in [1.807, 2.05) is 35.7 Å². The average molecular weight is 390 g/mol. The number of aromatic nitrogens is 2. The van der Waals surface area contributed by atoms with Gasteiger partial charge in [0.2, 0.25) is 5.91 Å². The molecule has 0 aliphatic rings. The molecule has 0 spiro atoms. The van der Waals surface area contributed by atoms with Crippen LogP contribution in [0.2, 0.25) is 0 Å². The summed E-state index contributed by atoms with van der Waals surface area (Å²) in [6.45, 7) is 0.524. The van der Waals surface area contributed by atoms with Gasteiger partial charge in [-0.1, -0.05) is 30.0 Å². The van der Waals surface area contributed by atoms with Crippen molar-refractivity contribution in [3.8, 4) is 5.75 Å². The van der Waals surface area contributed by atoms with Crippen LogP contribution in [0, 0.1) is 0 Å². The van der Waals surface area contributed by atoms with Crippen molar-refractivity contribution in [2.24, 2.45) is 7.05 Å². The van der Waals surface area contributed by atoms with Gasteiger partial charge in [-0.3, -0.25) is 14.2 Å². The molecule has 2 aromatic heterocycles. The molecule has 2 heterocycles. The lowest BCUT2D eigenvalue weighted by molar-refractivity contribution is -0.118. The van der Waals surface area contributed by atoms with Crippen LogP contribution in [0.25, 0.3) is 10.2 Å². The Morgan fingerprint density at radius 2 is 2.15 bits per heavy atom. The van der Waals surface area contributed by atoms with E-state index in [0.29, 0.717) is 28.3 Å². The SMILES string of the molecule is COc1ccccc1CCNC(=O)CSc1nc2ccsc2c(=O)n1C. The van der Waals surface area contributed by atoms with Gasteiger partial charge in [-0.05, 0) is 29.5 Å². The molecule has 0 aliphatic carbocycles. The molecule has 1 amide bonds. The Morgan fingerprint density at radius 3 is 2.96 bits per heavy atom. The molecule has 6 nitrogen and oxygen atoms in total. The van der Waals surface area contributed by atoms with Gasteiger partial charge in [-0.2, -0.15) is 0 Å². The van der Waals surface area contributed by atoms with Crippen molar-refractivity contribution in [3.63, 3.8) is 0 Å². The van der Waals surface area contributed by atoms with Crippen LogP contribution in [-0.2, 0) is 18.3 Å². The molecule has 3 aromatic rings. The van der Waals surface area contributed by atoms with Crippen molar-refractivity contribution in [3.05, 3.63) is 51.6 Å². The van der Waals surface area contributed by atoms with Crippen LogP contribution in [-0.4, -0.2) is 34.9 Å². The number of para-hydroxylation sites is 1. The van der Waals surface area contributed by atoms with E-state index in [2.05, 4.69) is 10.3 Å². The number of methoxy groups -OCH3 is 1. The summed E-state index contributed by atoms with van der Waals surface area (Å²) in [5.74, 6) is 0.936. The van der Waals surface area contributed by atoms with Crippen LogP contribution in [0.15, 0.2) is 45.7 Å². The standard InChI is InChI=1S/C18H19N3O3S2/c1-21-17(23)16-13(8-10-25-16)20-18(21)26-11-15(22)19-9-7-12-5-3-4-6-14(12)24-2/h3-6,8,10H,7,9,11H2,1-2H3,(H,19,22). The largest absolute Gasteiger partial charge is 0.496 e. The predicted molar refractivity (Wildman–Crippen MR) is 105 cm³/mol. The van der Waals surface area contributed by atoms with E-state index in [-0.39, 0.29) is 17.2 Å². The number of nitrogens with zero attached hydrogens (tertiary/aromatic N) is 2. The van der Waals surface area contributed by atoms with E-state index >= 15 is 0 Å². The summed E-state index contributed by atoms with van der Waals surface area (Å²) in [4.78, 5) is 28.8. The molecule has 1 N–H and O–H groups in total. The number of rotatable bonds is 7. The minimum atomic E-state index is -0.0930. The van der Waals surface area contributed by atoms with E-state index in [9.17, 15) is 9.59 Å². The van der Waals surface area contributed by atoms with Gasteiger partial charge in [-0.15, -0.1) is 11.3 Å². The van der Waals surface area contributed by atoms with Crippen molar-refractivity contribution in [1.29, 1.82) is 0 Å². The van der Waals surface area contributed by atoms with Crippen LogP contribution in [0.4, 0.5) is 0 Å². The monoisotopic (exact) mass is 389 g/mol. The maximum atomic E-state index is 12.3. The van der Waals surface area contributed by atoms with Crippen LogP contribution in [0.5, 0.6) is 5.75 Å². The van der Waals surface area contributed by atoms with Crippen molar-refractivity contribution in [2.45, 2.75) is 11.6 Å². The van der Waals surface area contributed by atoms with Gasteiger partial charge in [0, 0.05) is 13.6 Å². The lowest BCUT2D eigenvalue weighted by Gasteiger charge is -2.09. The lowest BCUT2D eigenvalue weighted by Crippen LogP contribution is -2.28. The Balaban J connectivity index is 1.54.